The molecule has 0 spiro atoms. The highest BCUT2D eigenvalue weighted by atomic mass is 127. The molecule has 1 aliphatic rings. The number of nitrogens with one attached hydrogen (secondary N) is 2. The minimum absolute atomic E-state index is 0. The van der Waals surface area contributed by atoms with Crippen molar-refractivity contribution in [1.82, 2.24) is 15.6 Å². The Bertz CT molecular complexity index is 515. The van der Waals surface area contributed by atoms with E-state index in [4.69, 9.17) is 4.74 Å². The van der Waals surface area contributed by atoms with E-state index in [1.54, 1.807) is 7.05 Å². The van der Waals surface area contributed by atoms with E-state index in [1.165, 1.54) is 0 Å². The van der Waals surface area contributed by atoms with Crippen LogP contribution in [-0.2, 0) is 11.3 Å². The van der Waals surface area contributed by atoms with Crippen molar-refractivity contribution in [3.05, 3.63) is 23.9 Å². The third-order valence-corrected chi connectivity index (χ3v) is 3.84. The van der Waals surface area contributed by atoms with Gasteiger partial charge in [0.1, 0.15) is 5.82 Å². The summed E-state index contributed by atoms with van der Waals surface area (Å²) < 4.78 is 5.78. The summed E-state index contributed by atoms with van der Waals surface area (Å²) in [5.41, 5.74) is 0.901. The summed E-state index contributed by atoms with van der Waals surface area (Å²) >= 11 is 0. The molecule has 6 nitrogen and oxygen atoms in total. The fourth-order valence-electron chi connectivity index (χ4n) is 2.46. The lowest BCUT2D eigenvalue weighted by atomic mass is 10.0. The van der Waals surface area contributed by atoms with Crippen LogP contribution >= 0.6 is 24.0 Å². The van der Waals surface area contributed by atoms with Gasteiger partial charge in [0.2, 0.25) is 0 Å². The molecule has 0 bridgehead atoms. The summed E-state index contributed by atoms with van der Waals surface area (Å²) in [6.45, 7) is 4.39. The second kappa shape index (κ2) is 9.27. The van der Waals surface area contributed by atoms with Gasteiger partial charge in [-0.2, -0.15) is 0 Å². The average molecular weight is 433 g/mol. The number of hydrogen-bond acceptors (Lipinski definition) is 4. The molecule has 1 fully saturated rings. The number of aromatic nitrogens is 1. The highest BCUT2D eigenvalue weighted by Crippen LogP contribution is 2.23. The smallest absolute Gasteiger partial charge is 0.191 e. The monoisotopic (exact) mass is 433 g/mol. The molecule has 2 rings (SSSR count). The maximum Gasteiger partial charge on any atom is 0.191 e. The number of nitrogens with zero attached hydrogens (tertiary/aromatic N) is 3. The second-order valence-electron chi connectivity index (χ2n) is 6.06. The summed E-state index contributed by atoms with van der Waals surface area (Å²) in [6.07, 6.45) is 2.22. The quantitative estimate of drug-likeness (QED) is 0.423. The maximum atomic E-state index is 5.78. The second-order valence-corrected chi connectivity index (χ2v) is 6.06. The van der Waals surface area contributed by atoms with Gasteiger partial charge in [-0.1, -0.05) is 6.07 Å². The molecule has 2 N–H and O–H groups in total. The van der Waals surface area contributed by atoms with Gasteiger partial charge in [-0.25, -0.2) is 4.98 Å². The number of ether oxygens (including phenoxy) is 1. The molecular weight excluding hydrogens is 405 g/mol. The fourth-order valence-corrected chi connectivity index (χ4v) is 2.46. The van der Waals surface area contributed by atoms with Crippen LogP contribution < -0.4 is 15.5 Å². The van der Waals surface area contributed by atoms with E-state index in [1.807, 2.05) is 37.2 Å². The van der Waals surface area contributed by atoms with Gasteiger partial charge in [-0.3, -0.25) is 4.99 Å². The number of guanidine groups is 1. The van der Waals surface area contributed by atoms with Crippen molar-refractivity contribution in [3.8, 4) is 0 Å². The van der Waals surface area contributed by atoms with Crippen LogP contribution in [0.1, 0.15) is 25.5 Å². The molecule has 0 amide bonds. The molecule has 0 aromatic carbocycles. The summed E-state index contributed by atoms with van der Waals surface area (Å²) in [7, 11) is 5.75. The normalized spacial score (nSPS) is 20.8. The Balaban J connectivity index is 0.00000264. The number of rotatable bonds is 5. The van der Waals surface area contributed by atoms with Gasteiger partial charge in [0.05, 0.1) is 17.8 Å². The van der Waals surface area contributed by atoms with Gasteiger partial charge in [0, 0.05) is 34.3 Å². The number of halogens is 1. The molecule has 1 saturated heterocycles. The van der Waals surface area contributed by atoms with Crippen LogP contribution in [0.15, 0.2) is 23.2 Å². The molecule has 1 aliphatic heterocycles. The van der Waals surface area contributed by atoms with Crippen molar-refractivity contribution in [1.29, 1.82) is 0 Å². The van der Waals surface area contributed by atoms with Crippen LogP contribution in [0.5, 0.6) is 0 Å². The predicted octanol–water partition coefficient (Wildman–Crippen LogP) is 2.00. The molecular formula is C16H28IN5O. The number of pyridine rings is 1. The summed E-state index contributed by atoms with van der Waals surface area (Å²) in [6, 6.07) is 6.02. The van der Waals surface area contributed by atoms with Crippen LogP contribution in [0, 0.1) is 0 Å². The molecule has 2 heterocycles. The van der Waals surface area contributed by atoms with Gasteiger partial charge >= 0.3 is 0 Å². The Morgan fingerprint density at radius 1 is 1.39 bits per heavy atom. The average Bonchev–Trinajstić information content (AvgIpc) is 2.95. The number of anilines is 1. The van der Waals surface area contributed by atoms with E-state index >= 15 is 0 Å². The lowest BCUT2D eigenvalue weighted by molar-refractivity contribution is 0.0243. The molecule has 0 saturated carbocycles. The van der Waals surface area contributed by atoms with Gasteiger partial charge in [0.15, 0.2) is 5.96 Å². The fraction of sp³-hybridized carbons (Fsp3) is 0.625. The Morgan fingerprint density at radius 3 is 2.78 bits per heavy atom. The Morgan fingerprint density at radius 2 is 2.17 bits per heavy atom. The lowest BCUT2D eigenvalue weighted by Gasteiger charge is -2.24. The molecule has 1 aromatic rings. The van der Waals surface area contributed by atoms with E-state index in [9.17, 15) is 0 Å². The van der Waals surface area contributed by atoms with Crippen LogP contribution in [0.2, 0.25) is 0 Å². The van der Waals surface area contributed by atoms with Crippen LogP contribution in [0.4, 0.5) is 5.82 Å². The molecule has 130 valence electrons. The maximum absolute atomic E-state index is 5.78. The zero-order chi connectivity index (χ0) is 16.0. The Hall–Kier alpha value is -1.09. The van der Waals surface area contributed by atoms with Crippen LogP contribution in [0.3, 0.4) is 0 Å². The molecule has 1 unspecified atom stereocenters. The first-order chi connectivity index (χ1) is 10.5. The molecule has 1 atom stereocenters. The third kappa shape index (κ3) is 6.14. The van der Waals surface area contributed by atoms with Gasteiger partial charge in [-0.05, 0) is 31.9 Å². The summed E-state index contributed by atoms with van der Waals surface area (Å²) in [5, 5.41) is 6.63. The van der Waals surface area contributed by atoms with Crippen molar-refractivity contribution in [2.75, 3.05) is 39.2 Å². The third-order valence-electron chi connectivity index (χ3n) is 3.84. The number of hydrogen-bond donors (Lipinski definition) is 2. The SMILES string of the molecule is CN=C(NCc1cccc(N(C)C)n1)NCC1(C)CCCO1.I. The van der Waals surface area contributed by atoms with Crippen molar-refractivity contribution >= 4 is 35.8 Å². The zero-order valence-electron chi connectivity index (χ0n) is 14.4. The van der Waals surface area contributed by atoms with Crippen molar-refractivity contribution in [3.63, 3.8) is 0 Å². The van der Waals surface area contributed by atoms with E-state index in [0.29, 0.717) is 6.54 Å². The van der Waals surface area contributed by atoms with Crippen LogP contribution in [-0.4, -0.2) is 50.8 Å². The van der Waals surface area contributed by atoms with E-state index in [0.717, 1.165) is 43.5 Å². The predicted molar refractivity (Wildman–Crippen MR) is 106 cm³/mol. The summed E-state index contributed by atoms with van der Waals surface area (Å²) in [5.74, 6) is 1.72. The van der Waals surface area contributed by atoms with Gasteiger partial charge in [-0.15, -0.1) is 24.0 Å². The summed E-state index contributed by atoms with van der Waals surface area (Å²) in [4.78, 5) is 10.8. The highest BCUT2D eigenvalue weighted by molar-refractivity contribution is 14.0. The van der Waals surface area contributed by atoms with E-state index in [2.05, 4.69) is 27.5 Å². The largest absolute Gasteiger partial charge is 0.373 e. The van der Waals surface area contributed by atoms with E-state index < -0.39 is 0 Å². The lowest BCUT2D eigenvalue weighted by Crippen LogP contribution is -2.45. The molecule has 1 aromatic heterocycles. The van der Waals surface area contributed by atoms with Gasteiger partial charge < -0.3 is 20.3 Å². The van der Waals surface area contributed by atoms with Crippen molar-refractivity contribution < 1.29 is 4.74 Å². The molecule has 23 heavy (non-hydrogen) atoms. The van der Waals surface area contributed by atoms with Gasteiger partial charge in [0.25, 0.3) is 0 Å². The van der Waals surface area contributed by atoms with Crippen molar-refractivity contribution in [2.45, 2.75) is 31.9 Å². The number of aliphatic imine (C=N–C) groups is 1. The zero-order valence-corrected chi connectivity index (χ0v) is 16.8. The first-order valence-electron chi connectivity index (χ1n) is 7.74. The molecule has 0 aliphatic carbocycles. The topological polar surface area (TPSA) is 61.8 Å². The standard InChI is InChI=1S/C16H27N5O.HI/c1-16(9-6-10-22-16)12-19-15(17-2)18-11-13-7-5-8-14(20-13)21(3)4;/h5,7-8H,6,9-12H2,1-4H3,(H2,17,18,19);1H. The molecule has 7 heteroatoms. The van der Waals surface area contributed by atoms with Crippen LogP contribution in [0.25, 0.3) is 0 Å². The minimum atomic E-state index is -0.0826. The van der Waals surface area contributed by atoms with Crippen molar-refractivity contribution in [2.24, 2.45) is 4.99 Å². The first-order valence-corrected chi connectivity index (χ1v) is 7.74. The minimum Gasteiger partial charge on any atom is -0.373 e. The highest BCUT2D eigenvalue weighted by Gasteiger charge is 2.29. The van der Waals surface area contributed by atoms with E-state index in [-0.39, 0.29) is 29.6 Å². The Kier molecular flexibility index (Phi) is 8.04. The Labute approximate surface area is 156 Å². The molecule has 0 radical (unpaired) electrons. The first kappa shape index (κ1) is 20.0.